The van der Waals surface area contributed by atoms with Crippen LogP contribution in [0.4, 0.5) is 5.69 Å². The maximum absolute atomic E-state index is 12.0. The molecule has 5 heteroatoms. The van der Waals surface area contributed by atoms with Crippen molar-refractivity contribution >= 4 is 11.6 Å². The van der Waals surface area contributed by atoms with Gasteiger partial charge in [-0.3, -0.25) is 4.79 Å². The predicted molar refractivity (Wildman–Crippen MR) is 96.4 cm³/mol. The first-order valence-electron chi connectivity index (χ1n) is 8.44. The van der Waals surface area contributed by atoms with Crippen molar-refractivity contribution in [3.8, 4) is 11.8 Å². The van der Waals surface area contributed by atoms with Crippen LogP contribution in [0.1, 0.15) is 12.0 Å². The Labute approximate surface area is 147 Å². The van der Waals surface area contributed by atoms with Crippen LogP contribution in [-0.2, 0) is 4.79 Å². The van der Waals surface area contributed by atoms with Gasteiger partial charge in [-0.2, -0.15) is 5.26 Å². The summed E-state index contributed by atoms with van der Waals surface area (Å²) >= 11 is 0. The second-order valence-electron chi connectivity index (χ2n) is 6.17. The molecule has 1 N–H and O–H groups in total. The molecule has 0 spiro atoms. The molecule has 0 saturated carbocycles. The lowest BCUT2D eigenvalue weighted by molar-refractivity contribution is -0.123. The number of amides is 1. The van der Waals surface area contributed by atoms with E-state index in [0.29, 0.717) is 23.8 Å². The van der Waals surface area contributed by atoms with Gasteiger partial charge in [-0.15, -0.1) is 0 Å². The van der Waals surface area contributed by atoms with E-state index in [4.69, 9.17) is 10.00 Å². The third-order valence-electron chi connectivity index (χ3n) is 4.33. The third kappa shape index (κ3) is 4.74. The first-order valence-corrected chi connectivity index (χ1v) is 8.44. The normalized spacial score (nSPS) is 16.3. The lowest BCUT2D eigenvalue weighted by Gasteiger charge is -2.18. The molecule has 0 radical (unpaired) electrons. The van der Waals surface area contributed by atoms with Crippen molar-refractivity contribution in [3.05, 3.63) is 60.2 Å². The standard InChI is InChI=1S/C20H21N3O2/c21-12-16-5-4-8-19(11-16)25-15-20(24)22-13-17-9-10-23(14-17)18-6-2-1-3-7-18/h1-8,11,17H,9-10,13-15H2,(H,22,24)/t17-/m1/s1. The number of benzene rings is 2. The second kappa shape index (κ2) is 8.20. The minimum Gasteiger partial charge on any atom is -0.484 e. The van der Waals surface area contributed by atoms with Crippen molar-refractivity contribution in [3.63, 3.8) is 0 Å². The molecule has 5 nitrogen and oxygen atoms in total. The molecule has 25 heavy (non-hydrogen) atoms. The fourth-order valence-corrected chi connectivity index (χ4v) is 2.99. The maximum Gasteiger partial charge on any atom is 0.257 e. The predicted octanol–water partition coefficient (Wildman–Crippen LogP) is 2.58. The molecule has 1 aliphatic rings. The van der Waals surface area contributed by atoms with Crippen LogP contribution in [0.3, 0.4) is 0 Å². The molecule has 1 saturated heterocycles. The molecule has 2 aromatic rings. The molecule has 128 valence electrons. The van der Waals surface area contributed by atoms with E-state index in [0.717, 1.165) is 19.5 Å². The zero-order valence-electron chi connectivity index (χ0n) is 14.0. The van der Waals surface area contributed by atoms with Crippen LogP contribution < -0.4 is 15.0 Å². The Kier molecular flexibility index (Phi) is 5.53. The number of nitriles is 1. The van der Waals surface area contributed by atoms with Gasteiger partial charge < -0.3 is 15.0 Å². The van der Waals surface area contributed by atoms with Crippen LogP contribution in [0.15, 0.2) is 54.6 Å². The van der Waals surface area contributed by atoms with Gasteiger partial charge in [0.1, 0.15) is 5.75 Å². The van der Waals surface area contributed by atoms with Gasteiger partial charge in [-0.05, 0) is 42.7 Å². The molecule has 3 rings (SSSR count). The number of ether oxygens (including phenoxy) is 1. The zero-order valence-corrected chi connectivity index (χ0v) is 14.0. The zero-order chi connectivity index (χ0) is 17.5. The smallest absolute Gasteiger partial charge is 0.257 e. The number of hydrogen-bond donors (Lipinski definition) is 1. The number of carbonyl (C=O) groups is 1. The summed E-state index contributed by atoms with van der Waals surface area (Å²) in [6.07, 6.45) is 1.07. The molecule has 1 fully saturated rings. The Balaban J connectivity index is 1.40. The topological polar surface area (TPSA) is 65.4 Å². The lowest BCUT2D eigenvalue weighted by atomic mass is 10.1. The van der Waals surface area contributed by atoms with E-state index in [9.17, 15) is 4.79 Å². The van der Waals surface area contributed by atoms with Crippen LogP contribution in [0.5, 0.6) is 5.75 Å². The summed E-state index contributed by atoms with van der Waals surface area (Å²) < 4.78 is 5.44. The van der Waals surface area contributed by atoms with Crippen molar-refractivity contribution in [1.82, 2.24) is 5.32 Å². The molecule has 1 atom stereocenters. The van der Waals surface area contributed by atoms with E-state index in [2.05, 4.69) is 22.3 Å². The summed E-state index contributed by atoms with van der Waals surface area (Å²) in [5.74, 6) is 0.844. The van der Waals surface area contributed by atoms with Crippen LogP contribution in [0, 0.1) is 17.2 Å². The van der Waals surface area contributed by atoms with Crippen LogP contribution in [0.2, 0.25) is 0 Å². The van der Waals surface area contributed by atoms with Gasteiger partial charge in [0, 0.05) is 25.3 Å². The summed E-state index contributed by atoms with van der Waals surface area (Å²) in [4.78, 5) is 14.3. The molecule has 0 aromatic heterocycles. The van der Waals surface area contributed by atoms with E-state index in [-0.39, 0.29) is 12.5 Å². The summed E-state index contributed by atoms with van der Waals surface area (Å²) in [7, 11) is 0. The van der Waals surface area contributed by atoms with Gasteiger partial charge in [0.25, 0.3) is 5.91 Å². The van der Waals surface area contributed by atoms with Crippen molar-refractivity contribution in [1.29, 1.82) is 5.26 Å². The molecule has 1 heterocycles. The van der Waals surface area contributed by atoms with Gasteiger partial charge in [0.2, 0.25) is 0 Å². The minimum absolute atomic E-state index is 0.0377. The Morgan fingerprint density at radius 1 is 1.24 bits per heavy atom. The average molecular weight is 335 g/mol. The van der Waals surface area contributed by atoms with Crippen molar-refractivity contribution in [2.45, 2.75) is 6.42 Å². The van der Waals surface area contributed by atoms with Crippen LogP contribution >= 0.6 is 0 Å². The molecule has 1 aliphatic heterocycles. The molecule has 1 amide bonds. The van der Waals surface area contributed by atoms with E-state index >= 15 is 0 Å². The Morgan fingerprint density at radius 2 is 2.08 bits per heavy atom. The van der Waals surface area contributed by atoms with Gasteiger partial charge >= 0.3 is 0 Å². The number of carbonyl (C=O) groups excluding carboxylic acids is 1. The highest BCUT2D eigenvalue weighted by molar-refractivity contribution is 5.77. The first-order chi connectivity index (χ1) is 12.2. The Hall–Kier alpha value is -3.00. The van der Waals surface area contributed by atoms with Crippen molar-refractivity contribution < 1.29 is 9.53 Å². The average Bonchev–Trinajstić information content (AvgIpc) is 3.15. The van der Waals surface area contributed by atoms with Crippen LogP contribution in [0.25, 0.3) is 0 Å². The SMILES string of the molecule is N#Cc1cccc(OCC(=O)NC[C@H]2CCN(c3ccccc3)C2)c1. The fraction of sp³-hybridized carbons (Fsp3) is 0.300. The monoisotopic (exact) mass is 335 g/mol. The number of hydrogen-bond acceptors (Lipinski definition) is 4. The molecular weight excluding hydrogens is 314 g/mol. The number of nitrogens with zero attached hydrogens (tertiary/aromatic N) is 2. The molecule has 0 bridgehead atoms. The molecule has 2 aromatic carbocycles. The maximum atomic E-state index is 12.0. The highest BCUT2D eigenvalue weighted by Crippen LogP contribution is 2.22. The summed E-state index contributed by atoms with van der Waals surface area (Å²) in [6, 6.07) is 19.2. The summed E-state index contributed by atoms with van der Waals surface area (Å²) in [5.41, 5.74) is 1.75. The summed E-state index contributed by atoms with van der Waals surface area (Å²) in [5, 5.41) is 11.8. The largest absolute Gasteiger partial charge is 0.484 e. The second-order valence-corrected chi connectivity index (χ2v) is 6.17. The van der Waals surface area contributed by atoms with Crippen molar-refractivity contribution in [2.24, 2.45) is 5.92 Å². The van der Waals surface area contributed by atoms with Gasteiger partial charge in [0.15, 0.2) is 6.61 Å². The molecule has 0 aliphatic carbocycles. The van der Waals surface area contributed by atoms with E-state index in [1.807, 2.05) is 24.3 Å². The quantitative estimate of drug-likeness (QED) is 0.881. The highest BCUT2D eigenvalue weighted by Gasteiger charge is 2.22. The highest BCUT2D eigenvalue weighted by atomic mass is 16.5. The number of anilines is 1. The third-order valence-corrected chi connectivity index (χ3v) is 4.33. The van der Waals surface area contributed by atoms with Gasteiger partial charge in [-0.1, -0.05) is 24.3 Å². The number of rotatable bonds is 6. The van der Waals surface area contributed by atoms with Gasteiger partial charge in [-0.25, -0.2) is 0 Å². The first kappa shape index (κ1) is 16.8. The minimum atomic E-state index is -0.138. The Bertz CT molecular complexity index is 755. The van der Waals surface area contributed by atoms with Crippen LogP contribution in [-0.4, -0.2) is 32.1 Å². The number of nitrogens with one attached hydrogen (secondary N) is 1. The van der Waals surface area contributed by atoms with E-state index < -0.39 is 0 Å². The fourth-order valence-electron chi connectivity index (χ4n) is 2.99. The van der Waals surface area contributed by atoms with Crippen molar-refractivity contribution in [2.75, 3.05) is 31.1 Å². The Morgan fingerprint density at radius 3 is 2.88 bits per heavy atom. The lowest BCUT2D eigenvalue weighted by Crippen LogP contribution is -2.34. The van der Waals surface area contributed by atoms with E-state index in [1.165, 1.54) is 5.69 Å². The van der Waals surface area contributed by atoms with Gasteiger partial charge in [0.05, 0.1) is 11.6 Å². The molecular formula is C20H21N3O2. The molecule has 0 unspecified atom stereocenters. The van der Waals surface area contributed by atoms with E-state index in [1.54, 1.807) is 24.3 Å². The summed E-state index contributed by atoms with van der Waals surface area (Å²) in [6.45, 7) is 2.59. The number of para-hydroxylation sites is 1.